The van der Waals surface area contributed by atoms with E-state index in [1.807, 2.05) is 30.0 Å². The number of hydrogen-bond acceptors (Lipinski definition) is 4. The van der Waals surface area contributed by atoms with Gasteiger partial charge in [0.05, 0.1) is 6.54 Å². The van der Waals surface area contributed by atoms with Gasteiger partial charge in [0.25, 0.3) is 11.5 Å². The first-order chi connectivity index (χ1) is 13.6. The van der Waals surface area contributed by atoms with Crippen molar-refractivity contribution < 1.29 is 4.79 Å². The molecule has 0 bridgehead atoms. The molecular formula is C22H25N3O2S. The number of hydrogen-bond donors (Lipinski definition) is 0. The highest BCUT2D eigenvalue weighted by Crippen LogP contribution is 2.18. The van der Waals surface area contributed by atoms with Crippen LogP contribution in [0.5, 0.6) is 0 Å². The van der Waals surface area contributed by atoms with Crippen LogP contribution in [0.25, 0.3) is 0 Å². The quantitative estimate of drug-likeness (QED) is 0.581. The van der Waals surface area contributed by atoms with Crippen LogP contribution >= 0.6 is 11.3 Å². The smallest absolute Gasteiger partial charge is 0.274 e. The molecule has 0 aliphatic carbocycles. The summed E-state index contributed by atoms with van der Waals surface area (Å²) in [4.78, 5) is 29.3. The molecule has 0 fully saturated rings. The molecule has 0 aliphatic heterocycles. The highest BCUT2D eigenvalue weighted by atomic mass is 32.1. The lowest BCUT2D eigenvalue weighted by atomic mass is 10.1. The lowest BCUT2D eigenvalue weighted by molar-refractivity contribution is 0.0737. The first-order valence-corrected chi connectivity index (χ1v) is 10.3. The van der Waals surface area contributed by atoms with Gasteiger partial charge in [0, 0.05) is 28.9 Å². The molecule has 2 heterocycles. The second kappa shape index (κ2) is 9.46. The second-order valence-corrected chi connectivity index (χ2v) is 8.13. The van der Waals surface area contributed by atoms with Crippen LogP contribution in [0.1, 0.15) is 39.2 Å². The number of rotatable bonds is 8. The Hall–Kier alpha value is -2.73. The predicted molar refractivity (Wildman–Crippen MR) is 113 cm³/mol. The van der Waals surface area contributed by atoms with E-state index in [1.165, 1.54) is 27.3 Å². The van der Waals surface area contributed by atoms with Crippen LogP contribution in [-0.4, -0.2) is 27.1 Å². The Labute approximate surface area is 169 Å². The minimum atomic E-state index is -0.178. The molecule has 0 aliphatic rings. The molecule has 0 spiro atoms. The van der Waals surface area contributed by atoms with Gasteiger partial charge in [-0.2, -0.15) is 5.10 Å². The molecule has 0 atom stereocenters. The summed E-state index contributed by atoms with van der Waals surface area (Å²) in [7, 11) is 0. The monoisotopic (exact) mass is 395 g/mol. The van der Waals surface area contributed by atoms with Gasteiger partial charge in [-0.3, -0.25) is 9.59 Å². The first-order valence-electron chi connectivity index (χ1n) is 9.53. The van der Waals surface area contributed by atoms with Gasteiger partial charge in [-0.05, 0) is 43.5 Å². The van der Waals surface area contributed by atoms with Crippen molar-refractivity contribution in [3.63, 3.8) is 0 Å². The standard InChI is InChI=1S/C22H25N3O2S/c1-3-14-25-21(26)12-11-20(23-25)22(27)24(16-19-10-9-17(2)28-19)15-13-18-7-5-4-6-8-18/h4-12H,3,13-16H2,1-2H3. The van der Waals surface area contributed by atoms with Crippen molar-refractivity contribution in [2.24, 2.45) is 0 Å². The summed E-state index contributed by atoms with van der Waals surface area (Å²) in [6, 6.07) is 17.2. The summed E-state index contributed by atoms with van der Waals surface area (Å²) in [6.45, 7) is 5.68. The summed E-state index contributed by atoms with van der Waals surface area (Å²) in [5.74, 6) is -0.146. The molecule has 146 valence electrons. The number of amides is 1. The van der Waals surface area contributed by atoms with Crippen molar-refractivity contribution in [2.45, 2.75) is 39.8 Å². The fraction of sp³-hybridized carbons (Fsp3) is 0.318. The predicted octanol–water partition coefficient (Wildman–Crippen LogP) is 3.91. The molecule has 6 heteroatoms. The largest absolute Gasteiger partial charge is 0.332 e. The third-order valence-corrected chi connectivity index (χ3v) is 5.45. The van der Waals surface area contributed by atoms with E-state index < -0.39 is 0 Å². The molecule has 2 aromatic heterocycles. The molecule has 1 aromatic carbocycles. The van der Waals surface area contributed by atoms with Crippen molar-refractivity contribution in [3.8, 4) is 0 Å². The van der Waals surface area contributed by atoms with Crippen molar-refractivity contribution in [3.05, 3.63) is 86.0 Å². The van der Waals surface area contributed by atoms with Crippen LogP contribution in [0.3, 0.4) is 0 Å². The van der Waals surface area contributed by atoms with E-state index in [9.17, 15) is 9.59 Å². The maximum atomic E-state index is 13.2. The van der Waals surface area contributed by atoms with Crippen LogP contribution in [0.15, 0.2) is 59.4 Å². The van der Waals surface area contributed by atoms with Crippen molar-refractivity contribution in [1.29, 1.82) is 0 Å². The number of aromatic nitrogens is 2. The average Bonchev–Trinajstić information content (AvgIpc) is 3.12. The normalized spacial score (nSPS) is 10.8. The molecule has 0 N–H and O–H groups in total. The van der Waals surface area contributed by atoms with E-state index in [0.717, 1.165) is 17.7 Å². The Kier molecular flexibility index (Phi) is 6.76. The molecule has 28 heavy (non-hydrogen) atoms. The summed E-state index contributed by atoms with van der Waals surface area (Å²) in [5.41, 5.74) is 1.32. The number of carbonyl (C=O) groups is 1. The Morgan fingerprint density at radius 2 is 1.89 bits per heavy atom. The van der Waals surface area contributed by atoms with Gasteiger partial charge in [0.1, 0.15) is 5.69 Å². The highest BCUT2D eigenvalue weighted by molar-refractivity contribution is 7.11. The van der Waals surface area contributed by atoms with Gasteiger partial charge < -0.3 is 4.90 Å². The first kappa shape index (κ1) is 20.0. The Morgan fingerprint density at radius 3 is 2.57 bits per heavy atom. The molecular weight excluding hydrogens is 370 g/mol. The van der Waals surface area contributed by atoms with Gasteiger partial charge >= 0.3 is 0 Å². The van der Waals surface area contributed by atoms with Crippen LogP contribution in [0, 0.1) is 6.92 Å². The second-order valence-electron chi connectivity index (χ2n) is 6.75. The zero-order chi connectivity index (χ0) is 19.9. The molecule has 0 saturated carbocycles. The minimum Gasteiger partial charge on any atom is -0.332 e. The molecule has 1 amide bonds. The highest BCUT2D eigenvalue weighted by Gasteiger charge is 2.19. The molecule has 0 unspecified atom stereocenters. The van der Waals surface area contributed by atoms with E-state index >= 15 is 0 Å². The van der Waals surface area contributed by atoms with Crippen molar-refractivity contribution in [2.75, 3.05) is 6.54 Å². The number of carbonyl (C=O) groups excluding carboxylic acids is 1. The lowest BCUT2D eigenvalue weighted by Gasteiger charge is -2.22. The van der Waals surface area contributed by atoms with E-state index in [4.69, 9.17) is 0 Å². The summed E-state index contributed by atoms with van der Waals surface area (Å²) >= 11 is 1.69. The SMILES string of the molecule is CCCn1nc(C(=O)N(CCc2ccccc2)Cc2ccc(C)s2)ccc1=O. The van der Waals surface area contributed by atoms with Gasteiger partial charge in [-0.15, -0.1) is 11.3 Å². The molecule has 3 rings (SSSR count). The van der Waals surface area contributed by atoms with E-state index in [-0.39, 0.29) is 11.5 Å². The Morgan fingerprint density at radius 1 is 1.11 bits per heavy atom. The summed E-state index contributed by atoms with van der Waals surface area (Å²) < 4.78 is 1.37. The van der Waals surface area contributed by atoms with Crippen LogP contribution in [0.4, 0.5) is 0 Å². The fourth-order valence-electron chi connectivity index (χ4n) is 3.02. The van der Waals surface area contributed by atoms with E-state index in [2.05, 4.69) is 36.3 Å². The lowest BCUT2D eigenvalue weighted by Crippen LogP contribution is -2.34. The number of thiophene rings is 1. The van der Waals surface area contributed by atoms with Gasteiger partial charge in [-0.25, -0.2) is 4.68 Å². The summed E-state index contributed by atoms with van der Waals surface area (Å²) in [5, 5.41) is 4.30. The zero-order valence-corrected chi connectivity index (χ0v) is 17.1. The van der Waals surface area contributed by atoms with E-state index in [0.29, 0.717) is 25.3 Å². The topological polar surface area (TPSA) is 55.2 Å². The van der Waals surface area contributed by atoms with Gasteiger partial charge in [-0.1, -0.05) is 37.3 Å². The molecule has 0 radical (unpaired) electrons. The van der Waals surface area contributed by atoms with Gasteiger partial charge in [0.2, 0.25) is 0 Å². The Balaban J connectivity index is 1.83. The van der Waals surface area contributed by atoms with E-state index in [1.54, 1.807) is 11.3 Å². The summed E-state index contributed by atoms with van der Waals surface area (Å²) in [6.07, 6.45) is 1.56. The number of aryl methyl sites for hydroxylation is 2. The van der Waals surface area contributed by atoms with Crippen LogP contribution < -0.4 is 5.56 Å². The number of nitrogens with zero attached hydrogens (tertiary/aromatic N) is 3. The van der Waals surface area contributed by atoms with Crippen LogP contribution in [-0.2, 0) is 19.5 Å². The molecule has 0 saturated heterocycles. The maximum Gasteiger partial charge on any atom is 0.274 e. The third-order valence-electron chi connectivity index (χ3n) is 4.46. The molecule has 5 nitrogen and oxygen atoms in total. The van der Waals surface area contributed by atoms with Crippen molar-refractivity contribution in [1.82, 2.24) is 14.7 Å². The minimum absolute atomic E-state index is 0.146. The van der Waals surface area contributed by atoms with Crippen molar-refractivity contribution >= 4 is 17.2 Å². The third kappa shape index (κ3) is 5.16. The van der Waals surface area contributed by atoms with Gasteiger partial charge in [0.15, 0.2) is 0 Å². The van der Waals surface area contributed by atoms with Crippen LogP contribution in [0.2, 0.25) is 0 Å². The Bertz CT molecular complexity index is 979. The molecule has 3 aromatic rings. The fourth-order valence-corrected chi connectivity index (χ4v) is 3.92. The average molecular weight is 396 g/mol. The number of benzene rings is 1. The zero-order valence-electron chi connectivity index (χ0n) is 16.3. The maximum absolute atomic E-state index is 13.2.